The number of aromatic nitrogens is 2. The summed E-state index contributed by atoms with van der Waals surface area (Å²) in [6.45, 7) is 5.34. The third-order valence-electron chi connectivity index (χ3n) is 3.77. The van der Waals surface area contributed by atoms with Crippen LogP contribution in [0.4, 0.5) is 0 Å². The molecule has 0 amide bonds. The van der Waals surface area contributed by atoms with E-state index in [0.29, 0.717) is 17.6 Å². The largest absolute Gasteiger partial charge is 0.337 e. The molecule has 1 aromatic heterocycles. The lowest BCUT2D eigenvalue weighted by Crippen LogP contribution is -2.30. The summed E-state index contributed by atoms with van der Waals surface area (Å²) in [5, 5.41) is 7.57. The lowest BCUT2D eigenvalue weighted by molar-refractivity contribution is 0.260. The van der Waals surface area contributed by atoms with E-state index in [2.05, 4.69) is 57.4 Å². The maximum Gasteiger partial charge on any atom is 0.244 e. The molecule has 5 heteroatoms. The number of nitrogens with zero attached hydrogens (tertiary/aromatic N) is 2. The van der Waals surface area contributed by atoms with Gasteiger partial charge in [-0.2, -0.15) is 4.98 Å². The molecule has 106 valence electrons. The van der Waals surface area contributed by atoms with Gasteiger partial charge < -0.3 is 9.84 Å². The fourth-order valence-electron chi connectivity index (χ4n) is 2.58. The van der Waals surface area contributed by atoms with Crippen molar-refractivity contribution >= 4 is 15.9 Å². The number of piperidine rings is 1. The second kappa shape index (κ2) is 5.66. The summed E-state index contributed by atoms with van der Waals surface area (Å²) in [7, 11) is 0. The van der Waals surface area contributed by atoms with Crippen molar-refractivity contribution in [2.75, 3.05) is 6.54 Å². The minimum absolute atomic E-state index is 0.184. The first kappa shape index (κ1) is 13.8. The van der Waals surface area contributed by atoms with E-state index < -0.39 is 0 Å². The van der Waals surface area contributed by atoms with E-state index in [0.717, 1.165) is 23.0 Å². The second-order valence-corrected chi connectivity index (χ2v) is 6.43. The third-order valence-corrected chi connectivity index (χ3v) is 4.43. The van der Waals surface area contributed by atoms with Gasteiger partial charge in [0.1, 0.15) is 0 Å². The zero-order chi connectivity index (χ0) is 14.1. The fraction of sp³-hybridized carbons (Fsp3) is 0.467. The number of nitrogens with one attached hydrogen (secondary N) is 1. The molecular weight excluding hydrogens is 318 g/mol. The molecule has 1 fully saturated rings. The second-order valence-electron chi connectivity index (χ2n) is 5.58. The van der Waals surface area contributed by atoms with E-state index >= 15 is 0 Å². The van der Waals surface area contributed by atoms with Gasteiger partial charge in [0.2, 0.25) is 11.7 Å². The number of halogens is 1. The Morgan fingerprint density at radius 3 is 3.00 bits per heavy atom. The summed E-state index contributed by atoms with van der Waals surface area (Å²) in [5.74, 6) is 2.04. The number of hydrogen-bond acceptors (Lipinski definition) is 4. The van der Waals surface area contributed by atoms with Gasteiger partial charge in [0.25, 0.3) is 0 Å². The highest BCUT2D eigenvalue weighted by Gasteiger charge is 2.25. The standard InChI is InChI=1S/C15H18BrN3O/c1-9-3-4-11(12(16)7-9)14-18-15(20-19-14)13-8-10(2)5-6-17-13/h3-4,7,10,13,17H,5-6,8H2,1-2H3. The lowest BCUT2D eigenvalue weighted by Gasteiger charge is -2.25. The molecule has 1 aliphatic heterocycles. The maximum absolute atomic E-state index is 5.45. The Balaban J connectivity index is 1.86. The Labute approximate surface area is 127 Å². The molecule has 1 aliphatic rings. The zero-order valence-corrected chi connectivity index (χ0v) is 13.3. The molecule has 0 spiro atoms. The highest BCUT2D eigenvalue weighted by atomic mass is 79.9. The number of hydrogen-bond donors (Lipinski definition) is 1. The molecular formula is C15H18BrN3O. The van der Waals surface area contributed by atoms with Crippen LogP contribution in [0, 0.1) is 12.8 Å². The minimum atomic E-state index is 0.184. The van der Waals surface area contributed by atoms with Gasteiger partial charge >= 0.3 is 0 Å². The van der Waals surface area contributed by atoms with Gasteiger partial charge in [-0.15, -0.1) is 0 Å². The third kappa shape index (κ3) is 2.79. The van der Waals surface area contributed by atoms with Crippen LogP contribution < -0.4 is 5.32 Å². The lowest BCUT2D eigenvalue weighted by atomic mass is 9.94. The molecule has 1 N–H and O–H groups in total. The van der Waals surface area contributed by atoms with Crippen LogP contribution in [0.2, 0.25) is 0 Å². The molecule has 4 nitrogen and oxygen atoms in total. The smallest absolute Gasteiger partial charge is 0.244 e. The number of benzene rings is 1. The van der Waals surface area contributed by atoms with Crippen LogP contribution in [0.25, 0.3) is 11.4 Å². The molecule has 2 heterocycles. The van der Waals surface area contributed by atoms with Gasteiger partial charge in [-0.05, 0) is 49.9 Å². The van der Waals surface area contributed by atoms with Crippen molar-refractivity contribution in [3.63, 3.8) is 0 Å². The van der Waals surface area contributed by atoms with Crippen LogP contribution in [0.1, 0.15) is 37.3 Å². The van der Waals surface area contributed by atoms with Crippen LogP contribution in [0.5, 0.6) is 0 Å². The van der Waals surface area contributed by atoms with Gasteiger partial charge in [-0.1, -0.05) is 34.1 Å². The van der Waals surface area contributed by atoms with Crippen LogP contribution >= 0.6 is 15.9 Å². The van der Waals surface area contributed by atoms with Crippen molar-refractivity contribution in [3.05, 3.63) is 34.1 Å². The minimum Gasteiger partial charge on any atom is -0.337 e. The van der Waals surface area contributed by atoms with E-state index in [9.17, 15) is 0 Å². The van der Waals surface area contributed by atoms with Gasteiger partial charge in [0.05, 0.1) is 6.04 Å². The summed E-state index contributed by atoms with van der Waals surface area (Å²) in [6, 6.07) is 6.32. The number of rotatable bonds is 2. The molecule has 20 heavy (non-hydrogen) atoms. The van der Waals surface area contributed by atoms with Crippen LogP contribution in [0.3, 0.4) is 0 Å². The first-order valence-electron chi connectivity index (χ1n) is 6.97. The Morgan fingerprint density at radius 1 is 1.40 bits per heavy atom. The molecule has 1 aromatic carbocycles. The molecule has 3 rings (SSSR count). The van der Waals surface area contributed by atoms with Crippen molar-refractivity contribution in [3.8, 4) is 11.4 Å². The summed E-state index contributed by atoms with van der Waals surface area (Å²) >= 11 is 3.56. The van der Waals surface area contributed by atoms with Crippen molar-refractivity contribution in [2.45, 2.75) is 32.7 Å². The monoisotopic (exact) mass is 335 g/mol. The maximum atomic E-state index is 5.45. The van der Waals surface area contributed by atoms with Gasteiger partial charge in [0.15, 0.2) is 0 Å². The van der Waals surface area contributed by atoms with Gasteiger partial charge in [0, 0.05) is 10.0 Å². The van der Waals surface area contributed by atoms with Crippen LogP contribution in [-0.2, 0) is 0 Å². The summed E-state index contributed by atoms with van der Waals surface area (Å²) < 4.78 is 6.44. The Morgan fingerprint density at radius 2 is 2.25 bits per heavy atom. The summed E-state index contributed by atoms with van der Waals surface area (Å²) in [4.78, 5) is 4.56. The van der Waals surface area contributed by atoms with E-state index in [1.54, 1.807) is 0 Å². The van der Waals surface area contributed by atoms with E-state index in [-0.39, 0.29) is 6.04 Å². The Kier molecular flexibility index (Phi) is 3.89. The number of aryl methyl sites for hydroxylation is 1. The predicted molar refractivity (Wildman–Crippen MR) is 81.3 cm³/mol. The van der Waals surface area contributed by atoms with Gasteiger partial charge in [-0.25, -0.2) is 0 Å². The SMILES string of the molecule is Cc1ccc(-c2noc(C3CC(C)CCN3)n2)c(Br)c1. The van der Waals surface area contributed by atoms with E-state index in [4.69, 9.17) is 4.52 Å². The first-order chi connectivity index (χ1) is 9.63. The summed E-state index contributed by atoms with van der Waals surface area (Å²) in [5.41, 5.74) is 2.17. The molecule has 1 saturated heterocycles. The van der Waals surface area contributed by atoms with Crippen LogP contribution in [-0.4, -0.2) is 16.7 Å². The van der Waals surface area contributed by atoms with Gasteiger partial charge in [-0.3, -0.25) is 0 Å². The van der Waals surface area contributed by atoms with E-state index in [1.807, 2.05) is 6.07 Å². The average Bonchev–Trinajstić information content (AvgIpc) is 2.88. The van der Waals surface area contributed by atoms with E-state index in [1.165, 1.54) is 12.0 Å². The van der Waals surface area contributed by atoms with Crippen molar-refractivity contribution in [2.24, 2.45) is 5.92 Å². The summed E-state index contributed by atoms with van der Waals surface area (Å²) in [6.07, 6.45) is 2.26. The van der Waals surface area contributed by atoms with Crippen molar-refractivity contribution in [1.82, 2.24) is 15.5 Å². The highest BCUT2D eigenvalue weighted by Crippen LogP contribution is 2.30. The predicted octanol–water partition coefficient (Wildman–Crippen LogP) is 3.87. The quantitative estimate of drug-likeness (QED) is 0.905. The zero-order valence-electron chi connectivity index (χ0n) is 11.7. The molecule has 2 unspecified atom stereocenters. The molecule has 0 aliphatic carbocycles. The fourth-order valence-corrected chi connectivity index (χ4v) is 3.25. The normalized spacial score (nSPS) is 22.9. The first-order valence-corrected chi connectivity index (χ1v) is 7.76. The Bertz CT molecular complexity index is 611. The topological polar surface area (TPSA) is 51.0 Å². The van der Waals surface area contributed by atoms with Crippen LogP contribution in [0.15, 0.2) is 27.2 Å². The highest BCUT2D eigenvalue weighted by molar-refractivity contribution is 9.10. The molecule has 0 bridgehead atoms. The molecule has 2 atom stereocenters. The molecule has 0 saturated carbocycles. The average molecular weight is 336 g/mol. The van der Waals surface area contributed by atoms with Crippen molar-refractivity contribution < 1.29 is 4.52 Å². The van der Waals surface area contributed by atoms with Crippen molar-refractivity contribution in [1.29, 1.82) is 0 Å². The Hall–Kier alpha value is -1.20. The molecule has 0 radical (unpaired) electrons. The molecule has 2 aromatic rings.